The molecule has 0 aliphatic carbocycles. The molecule has 11 heavy (non-hydrogen) atoms. The Balaban J connectivity index is 4.47. The number of hydrogen-bond donors (Lipinski definition) is 0. The molecule has 0 aliphatic rings. The Morgan fingerprint density at radius 1 is 1.00 bits per heavy atom. The molecule has 0 heterocycles. The molecule has 0 nitrogen and oxygen atoms in total. The molecule has 0 unspecified atom stereocenters. The van der Waals surface area contributed by atoms with Crippen LogP contribution in [0.25, 0.3) is 0 Å². The van der Waals surface area contributed by atoms with Gasteiger partial charge < -0.3 is 0 Å². The van der Waals surface area contributed by atoms with E-state index in [0.717, 1.165) is 5.92 Å². The summed E-state index contributed by atoms with van der Waals surface area (Å²) in [7, 11) is 0. The first-order valence-corrected chi connectivity index (χ1v) is 2.32. The molecule has 0 fully saturated rings. The van der Waals surface area contributed by atoms with Gasteiger partial charge in [0.1, 0.15) is 0 Å². The van der Waals surface area contributed by atoms with Crippen LogP contribution in [0.3, 0.4) is 0 Å². The van der Waals surface area contributed by atoms with E-state index in [1.165, 1.54) is 0 Å². The molecule has 0 aromatic carbocycles. The fourth-order valence-electron chi connectivity index (χ4n) is 0.215. The lowest BCUT2D eigenvalue weighted by atomic mass is 10.3. The third-order valence-electron chi connectivity index (χ3n) is 0.668. The van der Waals surface area contributed by atoms with Crippen molar-refractivity contribution in [2.75, 3.05) is 6.67 Å². The van der Waals surface area contributed by atoms with Gasteiger partial charge in [-0.3, -0.25) is 0 Å². The number of rotatable bonds is 0. The molecule has 0 radical (unpaired) electrons. The second-order valence-electron chi connectivity index (χ2n) is 1.51. The first kappa shape index (κ1) is 10.1. The van der Waals surface area contributed by atoms with Crippen molar-refractivity contribution < 1.29 is 26.3 Å². The van der Waals surface area contributed by atoms with Gasteiger partial charge in [0.2, 0.25) is 0 Å². The topological polar surface area (TPSA) is 0 Å². The normalized spacial score (nSPS) is 12.2. The Morgan fingerprint density at radius 2 is 1.45 bits per heavy atom. The summed E-state index contributed by atoms with van der Waals surface area (Å²) in [6.07, 6.45) is -5.73. The van der Waals surface area contributed by atoms with Gasteiger partial charge in [-0.25, -0.2) is 4.39 Å². The third kappa shape index (κ3) is 2.70. The Bertz CT molecular complexity index is 179. The van der Waals surface area contributed by atoms with Gasteiger partial charge in [-0.1, -0.05) is 5.92 Å². The van der Waals surface area contributed by atoms with Gasteiger partial charge in [-0.15, -0.1) is 0 Å². The lowest BCUT2D eigenvalue weighted by Gasteiger charge is -2.12. The molecule has 0 amide bonds. The van der Waals surface area contributed by atoms with Crippen LogP contribution in [0, 0.1) is 11.8 Å². The van der Waals surface area contributed by atoms with Crippen LogP contribution < -0.4 is 0 Å². The lowest BCUT2D eigenvalue weighted by molar-refractivity contribution is -0.254. The average Bonchev–Trinajstić information content (AvgIpc) is 1.81. The third-order valence-corrected chi connectivity index (χ3v) is 0.668. The molecule has 0 rings (SSSR count). The van der Waals surface area contributed by atoms with Gasteiger partial charge in [0, 0.05) is 0 Å². The first-order valence-electron chi connectivity index (χ1n) is 2.32. The van der Waals surface area contributed by atoms with Crippen LogP contribution >= 0.6 is 0 Å². The van der Waals surface area contributed by atoms with E-state index in [1.807, 2.05) is 0 Å². The minimum atomic E-state index is -5.73. The quantitative estimate of drug-likeness (QED) is 0.392. The highest BCUT2D eigenvalue weighted by atomic mass is 19.4. The zero-order valence-corrected chi connectivity index (χ0v) is 4.97. The molecule has 64 valence electrons. The van der Waals surface area contributed by atoms with Crippen molar-refractivity contribution in [3.8, 4) is 11.8 Å². The van der Waals surface area contributed by atoms with Crippen molar-refractivity contribution in [1.29, 1.82) is 0 Å². The first-order chi connectivity index (χ1) is 4.81. The number of halogens is 6. The summed E-state index contributed by atoms with van der Waals surface area (Å²) in [4.78, 5) is 0. The Labute approximate surface area is 58.2 Å². The van der Waals surface area contributed by atoms with Crippen molar-refractivity contribution in [3.05, 3.63) is 0 Å². The second kappa shape index (κ2) is 3.03. The minimum absolute atomic E-state index is 0.465. The van der Waals surface area contributed by atoms with Crippen LogP contribution in [0.4, 0.5) is 26.3 Å². The van der Waals surface area contributed by atoms with Gasteiger partial charge in [0.25, 0.3) is 0 Å². The highest BCUT2D eigenvalue weighted by Crippen LogP contribution is 2.34. The molecule has 0 N–H and O–H groups in total. The van der Waals surface area contributed by atoms with Crippen LogP contribution in [-0.4, -0.2) is 18.8 Å². The summed E-state index contributed by atoms with van der Waals surface area (Å²) < 4.78 is 67.9. The van der Waals surface area contributed by atoms with Crippen LogP contribution in [0.2, 0.25) is 0 Å². The van der Waals surface area contributed by atoms with Gasteiger partial charge >= 0.3 is 12.1 Å². The van der Waals surface area contributed by atoms with Crippen LogP contribution in [-0.2, 0) is 0 Å². The van der Waals surface area contributed by atoms with E-state index in [-0.39, 0.29) is 0 Å². The summed E-state index contributed by atoms with van der Waals surface area (Å²) in [5, 5.41) is 0. The maximum atomic E-state index is 11.7. The van der Waals surface area contributed by atoms with Crippen molar-refractivity contribution in [2.24, 2.45) is 0 Å². The van der Waals surface area contributed by atoms with E-state index < -0.39 is 18.8 Å². The van der Waals surface area contributed by atoms with E-state index in [2.05, 4.69) is 0 Å². The molecular weight excluding hydrogens is 174 g/mol. The molecule has 0 spiro atoms. The van der Waals surface area contributed by atoms with E-state index >= 15 is 0 Å². The van der Waals surface area contributed by atoms with E-state index in [1.54, 1.807) is 0 Å². The van der Waals surface area contributed by atoms with Crippen LogP contribution in [0.1, 0.15) is 0 Å². The molecule has 0 aromatic heterocycles. The molecule has 0 saturated heterocycles. The molecule has 0 aliphatic heterocycles. The van der Waals surface area contributed by atoms with Crippen LogP contribution in [0.5, 0.6) is 0 Å². The number of alkyl halides is 6. The fourth-order valence-corrected chi connectivity index (χ4v) is 0.215. The second-order valence-corrected chi connectivity index (χ2v) is 1.51. The van der Waals surface area contributed by atoms with Crippen molar-refractivity contribution in [1.82, 2.24) is 0 Å². The van der Waals surface area contributed by atoms with E-state index in [9.17, 15) is 26.3 Å². The van der Waals surface area contributed by atoms with Gasteiger partial charge in [0.15, 0.2) is 6.67 Å². The highest BCUT2D eigenvalue weighted by molar-refractivity contribution is 5.12. The molecule has 6 heteroatoms. The van der Waals surface area contributed by atoms with Gasteiger partial charge in [0.05, 0.1) is 0 Å². The average molecular weight is 176 g/mol. The molecule has 0 bridgehead atoms. The SMILES string of the molecule is FCC#CC(F)(F)C(F)(F)F. The molecule has 0 saturated carbocycles. The van der Waals surface area contributed by atoms with Crippen molar-refractivity contribution >= 4 is 0 Å². The summed E-state index contributed by atoms with van der Waals surface area (Å²) in [5.74, 6) is -3.64. The molecule has 0 atom stereocenters. The Kier molecular flexibility index (Phi) is 2.79. The Hall–Kier alpha value is -0.860. The summed E-state index contributed by atoms with van der Waals surface area (Å²) in [5.41, 5.74) is 0. The summed E-state index contributed by atoms with van der Waals surface area (Å²) >= 11 is 0. The zero-order valence-electron chi connectivity index (χ0n) is 4.97. The largest absolute Gasteiger partial charge is 0.466 e. The van der Waals surface area contributed by atoms with E-state index in [4.69, 9.17) is 0 Å². The fraction of sp³-hybridized carbons (Fsp3) is 0.600. The van der Waals surface area contributed by atoms with Crippen molar-refractivity contribution in [2.45, 2.75) is 12.1 Å². The number of hydrogen-bond acceptors (Lipinski definition) is 0. The zero-order chi connectivity index (χ0) is 9.12. The summed E-state index contributed by atoms with van der Waals surface area (Å²) in [6, 6.07) is 0. The predicted molar refractivity (Wildman–Crippen MR) is 24.8 cm³/mol. The lowest BCUT2D eigenvalue weighted by Crippen LogP contribution is -2.34. The maximum absolute atomic E-state index is 11.7. The predicted octanol–water partition coefficient (Wildman–Crippen LogP) is 2.16. The molecule has 0 aromatic rings. The minimum Gasteiger partial charge on any atom is -0.237 e. The monoisotopic (exact) mass is 176 g/mol. The van der Waals surface area contributed by atoms with Gasteiger partial charge in [-0.05, 0) is 5.92 Å². The maximum Gasteiger partial charge on any atom is 0.466 e. The summed E-state index contributed by atoms with van der Waals surface area (Å²) in [6.45, 7) is -1.52. The highest BCUT2D eigenvalue weighted by Gasteiger charge is 2.56. The Morgan fingerprint density at radius 3 is 1.73 bits per heavy atom. The standard InChI is InChI=1S/C5H2F6/c6-3-1-2-4(7,8)5(9,10)11/h3H2. The smallest absolute Gasteiger partial charge is 0.237 e. The van der Waals surface area contributed by atoms with Gasteiger partial charge in [-0.2, -0.15) is 22.0 Å². The van der Waals surface area contributed by atoms with Crippen molar-refractivity contribution in [3.63, 3.8) is 0 Å². The van der Waals surface area contributed by atoms with Crippen LogP contribution in [0.15, 0.2) is 0 Å². The van der Waals surface area contributed by atoms with E-state index in [0.29, 0.717) is 5.92 Å². The molecular formula is C5H2F6.